The number of rotatable bonds is 7. The van der Waals surface area contributed by atoms with Gasteiger partial charge in [0, 0.05) is 28.4 Å². The van der Waals surface area contributed by atoms with Gasteiger partial charge in [-0.15, -0.1) is 0 Å². The highest BCUT2D eigenvalue weighted by molar-refractivity contribution is 6.00. The van der Waals surface area contributed by atoms with E-state index >= 15 is 0 Å². The van der Waals surface area contributed by atoms with Gasteiger partial charge in [-0.05, 0) is 65.0 Å². The molecule has 1 fully saturated rings. The summed E-state index contributed by atoms with van der Waals surface area (Å²) in [6, 6.07) is 7.65. The first kappa shape index (κ1) is 20.6. The molecule has 0 amide bonds. The van der Waals surface area contributed by atoms with Crippen LogP contribution in [0.15, 0.2) is 64.2 Å². The zero-order valence-corrected chi connectivity index (χ0v) is 17.7. The van der Waals surface area contributed by atoms with Gasteiger partial charge in [0.15, 0.2) is 0 Å². The second kappa shape index (κ2) is 8.07. The fourth-order valence-electron chi connectivity index (χ4n) is 3.20. The van der Waals surface area contributed by atoms with Gasteiger partial charge in [0.25, 0.3) is 5.91 Å². The van der Waals surface area contributed by atoms with Gasteiger partial charge in [-0.1, -0.05) is 17.7 Å². The molecule has 0 atom stereocenters. The number of nitrogens with zero attached hydrogens (tertiary/aromatic N) is 3. The fourth-order valence-corrected chi connectivity index (χ4v) is 3.20. The summed E-state index contributed by atoms with van der Waals surface area (Å²) in [4.78, 5) is 17.4. The molecule has 1 saturated carbocycles. The number of hydrogen-bond acceptors (Lipinski definition) is 5. The number of ether oxygens (including phenoxy) is 1. The van der Waals surface area contributed by atoms with E-state index in [4.69, 9.17) is 4.74 Å². The van der Waals surface area contributed by atoms with Gasteiger partial charge in [0.1, 0.15) is 11.6 Å². The maximum absolute atomic E-state index is 13.3. The van der Waals surface area contributed by atoms with Gasteiger partial charge >= 0.3 is 0 Å². The Morgan fingerprint density at radius 2 is 1.86 bits per heavy atom. The van der Waals surface area contributed by atoms with Crippen LogP contribution in [0.3, 0.4) is 0 Å². The van der Waals surface area contributed by atoms with Crippen molar-refractivity contribution in [3.63, 3.8) is 0 Å². The minimum atomic E-state index is -0.189. The minimum absolute atomic E-state index is 0.0425. The number of hydrogen-bond donors (Lipinski definition) is 1. The largest absolute Gasteiger partial charge is 0.497 e. The molecule has 0 aliphatic heterocycles. The molecule has 0 bridgehead atoms. The van der Waals surface area contributed by atoms with E-state index in [-0.39, 0.29) is 11.4 Å². The maximum atomic E-state index is 13.3. The Hall–Kier alpha value is -3.15. The number of benzene rings is 1. The molecule has 6 heteroatoms. The number of carbonyl (C=O) groups is 1. The Bertz CT molecular complexity index is 988. The smallest absolute Gasteiger partial charge is 0.278 e. The Balaban J connectivity index is 1.91. The van der Waals surface area contributed by atoms with Crippen molar-refractivity contribution in [2.75, 3.05) is 7.11 Å². The number of nitrogens with one attached hydrogen (secondary N) is 1. The third-order valence-corrected chi connectivity index (χ3v) is 5.24. The summed E-state index contributed by atoms with van der Waals surface area (Å²) in [5.74, 6) is 1.24. The number of allylic oxidation sites excluding steroid dienone is 3. The zero-order valence-electron chi connectivity index (χ0n) is 17.7. The molecule has 1 N–H and O–H groups in total. The number of carbonyl (C=O) groups excluding carboxylic acids is 1. The first-order chi connectivity index (χ1) is 13.8. The summed E-state index contributed by atoms with van der Waals surface area (Å²) in [7, 11) is 1.63. The standard InChI is InChI=1S/C23H28N4O2/c1-15(2)20(16(3)21(24-5)26-23(4)11-12-23)22(28)27-14-18(13-25-27)17-7-9-19(29-6)10-8-17/h7-10,13-14,26H,5,11-12H2,1-4,6H3/b21-16-. The molecule has 29 heavy (non-hydrogen) atoms. The van der Waals surface area contributed by atoms with E-state index in [1.165, 1.54) is 4.68 Å². The Labute approximate surface area is 172 Å². The third kappa shape index (κ3) is 4.47. The lowest BCUT2D eigenvalue weighted by atomic mass is 10.0. The van der Waals surface area contributed by atoms with Gasteiger partial charge in [-0.25, -0.2) is 9.67 Å². The van der Waals surface area contributed by atoms with E-state index in [0.717, 1.165) is 40.9 Å². The van der Waals surface area contributed by atoms with Crippen LogP contribution in [0.2, 0.25) is 0 Å². The molecule has 2 aromatic rings. The Morgan fingerprint density at radius 3 is 2.38 bits per heavy atom. The predicted molar refractivity (Wildman–Crippen MR) is 116 cm³/mol. The summed E-state index contributed by atoms with van der Waals surface area (Å²) in [6.07, 6.45) is 5.61. The molecule has 0 unspecified atom stereocenters. The van der Waals surface area contributed by atoms with Gasteiger partial charge in [0.2, 0.25) is 0 Å². The molecule has 1 aliphatic carbocycles. The molecule has 1 aromatic heterocycles. The average Bonchev–Trinajstić information content (AvgIpc) is 3.23. The van der Waals surface area contributed by atoms with E-state index < -0.39 is 0 Å². The van der Waals surface area contributed by atoms with E-state index in [0.29, 0.717) is 11.4 Å². The van der Waals surface area contributed by atoms with Crippen molar-refractivity contribution in [1.82, 2.24) is 15.1 Å². The monoisotopic (exact) mass is 392 g/mol. The van der Waals surface area contributed by atoms with Crippen LogP contribution < -0.4 is 10.1 Å². The van der Waals surface area contributed by atoms with Crippen molar-refractivity contribution in [3.05, 3.63) is 59.2 Å². The highest BCUT2D eigenvalue weighted by atomic mass is 16.5. The van der Waals surface area contributed by atoms with Crippen molar-refractivity contribution in [2.45, 2.75) is 46.1 Å². The van der Waals surface area contributed by atoms with Gasteiger partial charge < -0.3 is 10.1 Å². The van der Waals surface area contributed by atoms with Crippen molar-refractivity contribution < 1.29 is 9.53 Å². The van der Waals surface area contributed by atoms with Crippen LogP contribution in [0, 0.1) is 0 Å². The summed E-state index contributed by atoms with van der Waals surface area (Å²) < 4.78 is 6.58. The van der Waals surface area contributed by atoms with E-state index in [2.05, 4.69) is 29.0 Å². The van der Waals surface area contributed by atoms with E-state index in [1.54, 1.807) is 19.5 Å². The van der Waals surface area contributed by atoms with Crippen LogP contribution in [0.1, 0.15) is 45.3 Å². The second-order valence-electron chi connectivity index (χ2n) is 7.90. The van der Waals surface area contributed by atoms with Crippen molar-refractivity contribution >= 4 is 12.6 Å². The summed E-state index contributed by atoms with van der Waals surface area (Å²) >= 11 is 0. The summed E-state index contributed by atoms with van der Waals surface area (Å²) in [5, 5.41) is 7.73. The summed E-state index contributed by atoms with van der Waals surface area (Å²) in [5.41, 5.74) is 4.14. The van der Waals surface area contributed by atoms with Gasteiger partial charge in [-0.3, -0.25) is 4.79 Å². The first-order valence-corrected chi connectivity index (χ1v) is 9.65. The molecule has 0 saturated heterocycles. The van der Waals surface area contributed by atoms with Crippen LogP contribution in [0.4, 0.5) is 0 Å². The van der Waals surface area contributed by atoms with Crippen LogP contribution >= 0.6 is 0 Å². The quantitative estimate of drug-likeness (QED) is 0.424. The van der Waals surface area contributed by atoms with Crippen LogP contribution in [0.25, 0.3) is 11.1 Å². The molecule has 1 aliphatic rings. The number of aromatic nitrogens is 2. The van der Waals surface area contributed by atoms with Gasteiger partial charge in [0.05, 0.1) is 13.3 Å². The molecule has 0 spiro atoms. The van der Waals surface area contributed by atoms with Crippen molar-refractivity contribution in [2.24, 2.45) is 4.99 Å². The lowest BCUT2D eigenvalue weighted by Crippen LogP contribution is -2.28. The molecular formula is C23H28N4O2. The van der Waals surface area contributed by atoms with Crippen LogP contribution in [0.5, 0.6) is 5.75 Å². The molecule has 1 aromatic carbocycles. The zero-order chi connectivity index (χ0) is 21.2. The summed E-state index contributed by atoms with van der Waals surface area (Å²) in [6.45, 7) is 11.6. The second-order valence-corrected chi connectivity index (χ2v) is 7.90. The third-order valence-electron chi connectivity index (χ3n) is 5.24. The molecule has 1 heterocycles. The van der Waals surface area contributed by atoms with E-state index in [9.17, 15) is 4.79 Å². The normalized spacial score (nSPS) is 15.2. The average molecular weight is 393 g/mol. The fraction of sp³-hybridized carbons (Fsp3) is 0.348. The first-order valence-electron chi connectivity index (χ1n) is 9.65. The van der Waals surface area contributed by atoms with Crippen molar-refractivity contribution in [1.29, 1.82) is 0 Å². The topological polar surface area (TPSA) is 68.5 Å². The maximum Gasteiger partial charge on any atom is 0.278 e. The SMILES string of the molecule is C=N/C(NC1(C)CC1)=C(\C)C(C(=O)n1cc(-c2ccc(OC)cc2)cn1)=C(C)C. The van der Waals surface area contributed by atoms with Crippen LogP contribution in [-0.4, -0.2) is 35.1 Å². The van der Waals surface area contributed by atoms with E-state index in [1.807, 2.05) is 45.0 Å². The number of aliphatic imine (C=N–C) groups is 1. The number of methoxy groups -OCH3 is 1. The molecule has 152 valence electrons. The Kier molecular flexibility index (Phi) is 5.73. The lowest BCUT2D eigenvalue weighted by Gasteiger charge is -2.18. The molecule has 3 rings (SSSR count). The molecular weight excluding hydrogens is 364 g/mol. The van der Waals surface area contributed by atoms with Gasteiger partial charge in [-0.2, -0.15) is 5.10 Å². The van der Waals surface area contributed by atoms with Crippen molar-refractivity contribution in [3.8, 4) is 16.9 Å². The Morgan fingerprint density at radius 1 is 1.21 bits per heavy atom. The minimum Gasteiger partial charge on any atom is -0.497 e. The van der Waals surface area contributed by atoms with Crippen LogP contribution in [-0.2, 0) is 0 Å². The molecule has 6 nitrogen and oxygen atoms in total. The molecule has 0 radical (unpaired) electrons. The highest BCUT2D eigenvalue weighted by Crippen LogP contribution is 2.36. The predicted octanol–water partition coefficient (Wildman–Crippen LogP) is 4.61. The lowest BCUT2D eigenvalue weighted by molar-refractivity contribution is 0.0941. The highest BCUT2D eigenvalue weighted by Gasteiger charge is 2.38.